The highest BCUT2D eigenvalue weighted by Gasteiger charge is 2.39. The maximum atomic E-state index is 13.2. The van der Waals surface area contributed by atoms with E-state index in [1.54, 1.807) is 6.07 Å². The molecule has 2 unspecified atom stereocenters. The highest BCUT2D eigenvalue weighted by Crippen LogP contribution is 2.31. The van der Waals surface area contributed by atoms with Crippen molar-refractivity contribution in [1.29, 1.82) is 0 Å². The second-order valence-corrected chi connectivity index (χ2v) is 7.64. The lowest BCUT2D eigenvalue weighted by Crippen LogP contribution is -2.51. The molecule has 11 heteroatoms. The van der Waals surface area contributed by atoms with Gasteiger partial charge in [-0.2, -0.15) is 4.98 Å². The van der Waals surface area contributed by atoms with E-state index in [1.807, 2.05) is 0 Å². The molecule has 1 saturated heterocycles. The van der Waals surface area contributed by atoms with Crippen LogP contribution in [0.3, 0.4) is 0 Å². The van der Waals surface area contributed by atoms with Crippen molar-refractivity contribution in [2.24, 2.45) is 11.8 Å². The zero-order valence-electron chi connectivity index (χ0n) is 17.0. The third-order valence-electron chi connectivity index (χ3n) is 5.60. The monoisotopic (exact) mass is 420 g/mol. The number of hydrogen-bond donors (Lipinski definition) is 3. The zero-order valence-corrected chi connectivity index (χ0v) is 17.0. The third kappa shape index (κ3) is 5.42. The Morgan fingerprint density at radius 3 is 2.90 bits per heavy atom. The average molecular weight is 420 g/mol. The van der Waals surface area contributed by atoms with E-state index in [9.17, 15) is 19.6 Å². The molecule has 0 spiro atoms. The van der Waals surface area contributed by atoms with Gasteiger partial charge in [0.1, 0.15) is 6.04 Å². The van der Waals surface area contributed by atoms with Crippen LogP contribution in [0.2, 0.25) is 0 Å². The van der Waals surface area contributed by atoms with Gasteiger partial charge in [0.15, 0.2) is 0 Å². The number of methoxy groups -OCH3 is 1. The van der Waals surface area contributed by atoms with Crippen molar-refractivity contribution in [2.45, 2.75) is 44.6 Å². The van der Waals surface area contributed by atoms with Crippen LogP contribution in [0.1, 0.15) is 38.5 Å². The second-order valence-electron chi connectivity index (χ2n) is 7.64. The van der Waals surface area contributed by atoms with E-state index < -0.39 is 17.9 Å². The van der Waals surface area contributed by atoms with Crippen LogP contribution >= 0.6 is 0 Å². The van der Waals surface area contributed by atoms with Crippen molar-refractivity contribution in [3.63, 3.8) is 0 Å². The Hall–Kier alpha value is -2.79. The van der Waals surface area contributed by atoms with Gasteiger partial charge in [-0.05, 0) is 18.8 Å². The van der Waals surface area contributed by atoms with Crippen molar-refractivity contribution in [3.05, 3.63) is 12.3 Å². The van der Waals surface area contributed by atoms with Crippen LogP contribution in [0.25, 0.3) is 0 Å². The zero-order chi connectivity index (χ0) is 21.5. The SMILES string of the molecule is COc1ccnc(NC(=O)C2CCNN2C(=O)C(CC2CCCC2)CN(O)C=O)n1. The van der Waals surface area contributed by atoms with Crippen LogP contribution < -0.4 is 15.5 Å². The van der Waals surface area contributed by atoms with Gasteiger partial charge < -0.3 is 4.74 Å². The number of hydrogen-bond acceptors (Lipinski definition) is 8. The first-order chi connectivity index (χ1) is 14.5. The Bertz CT molecular complexity index is 757. The molecule has 0 radical (unpaired) electrons. The van der Waals surface area contributed by atoms with Gasteiger partial charge in [0.05, 0.1) is 19.6 Å². The number of nitrogens with one attached hydrogen (secondary N) is 2. The van der Waals surface area contributed by atoms with Crippen molar-refractivity contribution in [2.75, 3.05) is 25.5 Å². The number of aromatic nitrogens is 2. The van der Waals surface area contributed by atoms with Crippen LogP contribution in [0.5, 0.6) is 5.88 Å². The fourth-order valence-electron chi connectivity index (χ4n) is 4.12. The van der Waals surface area contributed by atoms with E-state index in [0.717, 1.165) is 25.7 Å². The summed E-state index contributed by atoms with van der Waals surface area (Å²) >= 11 is 0. The van der Waals surface area contributed by atoms with E-state index in [-0.39, 0.29) is 24.8 Å². The Morgan fingerprint density at radius 1 is 1.43 bits per heavy atom. The summed E-state index contributed by atoms with van der Waals surface area (Å²) in [5.74, 6) is -0.559. The fraction of sp³-hybridized carbons (Fsp3) is 0.632. The lowest BCUT2D eigenvalue weighted by molar-refractivity contribution is -0.159. The number of anilines is 1. The number of amides is 3. The van der Waals surface area contributed by atoms with Gasteiger partial charge in [0.25, 0.3) is 5.91 Å². The standard InChI is InChI=1S/C19H28N6O5/c1-30-16-7-8-20-19(22-16)23-17(27)15-6-9-21-25(15)18(28)14(11-24(29)12-26)10-13-4-2-3-5-13/h7-8,12-15,21,29H,2-6,9-11H2,1H3,(H,20,22,23,27). The molecule has 1 aliphatic heterocycles. The molecule has 11 nitrogen and oxygen atoms in total. The maximum Gasteiger partial charge on any atom is 0.251 e. The number of hydrazine groups is 1. The maximum absolute atomic E-state index is 13.2. The van der Waals surface area contributed by atoms with E-state index >= 15 is 0 Å². The predicted molar refractivity (Wildman–Crippen MR) is 105 cm³/mol. The highest BCUT2D eigenvalue weighted by atomic mass is 16.5. The Morgan fingerprint density at radius 2 is 2.20 bits per heavy atom. The Kier molecular flexibility index (Phi) is 7.52. The molecule has 30 heavy (non-hydrogen) atoms. The van der Waals surface area contributed by atoms with E-state index in [1.165, 1.54) is 18.3 Å². The quantitative estimate of drug-likeness (QED) is 0.300. The lowest BCUT2D eigenvalue weighted by Gasteiger charge is -2.29. The van der Waals surface area contributed by atoms with Gasteiger partial charge in [0, 0.05) is 18.8 Å². The van der Waals surface area contributed by atoms with Crippen LogP contribution in [-0.2, 0) is 14.4 Å². The molecule has 1 saturated carbocycles. The molecule has 1 aromatic rings. The normalized spacial score (nSPS) is 20.1. The van der Waals surface area contributed by atoms with E-state index in [2.05, 4.69) is 20.7 Å². The topological polar surface area (TPSA) is 137 Å². The number of ether oxygens (including phenoxy) is 1. The van der Waals surface area contributed by atoms with Gasteiger partial charge in [-0.1, -0.05) is 25.7 Å². The summed E-state index contributed by atoms with van der Waals surface area (Å²) in [5, 5.41) is 14.1. The van der Waals surface area contributed by atoms with Crippen molar-refractivity contribution < 1.29 is 24.3 Å². The molecule has 1 aromatic heterocycles. The van der Waals surface area contributed by atoms with Crippen LogP contribution in [0, 0.1) is 11.8 Å². The first-order valence-electron chi connectivity index (χ1n) is 10.2. The van der Waals surface area contributed by atoms with Gasteiger partial charge in [0.2, 0.25) is 24.1 Å². The molecule has 164 valence electrons. The molecule has 0 aromatic carbocycles. The summed E-state index contributed by atoms with van der Waals surface area (Å²) < 4.78 is 5.03. The summed E-state index contributed by atoms with van der Waals surface area (Å²) in [6, 6.07) is 0.811. The summed E-state index contributed by atoms with van der Waals surface area (Å²) in [7, 11) is 1.46. The van der Waals surface area contributed by atoms with Crippen LogP contribution in [0.4, 0.5) is 5.95 Å². The van der Waals surface area contributed by atoms with E-state index in [0.29, 0.717) is 36.2 Å². The molecule has 3 N–H and O–H groups in total. The number of rotatable bonds is 9. The van der Waals surface area contributed by atoms with Crippen molar-refractivity contribution in [1.82, 2.24) is 25.5 Å². The number of nitrogens with zero attached hydrogens (tertiary/aromatic N) is 4. The number of carbonyl (C=O) groups excluding carboxylic acids is 3. The summed E-state index contributed by atoms with van der Waals surface area (Å²) in [6.07, 6.45) is 7.04. The summed E-state index contributed by atoms with van der Waals surface area (Å²) in [4.78, 5) is 45.0. The van der Waals surface area contributed by atoms with E-state index in [4.69, 9.17) is 4.74 Å². The molecule has 3 amide bonds. The summed E-state index contributed by atoms with van der Waals surface area (Å²) in [6.45, 7) is 0.347. The highest BCUT2D eigenvalue weighted by molar-refractivity contribution is 5.96. The first kappa shape index (κ1) is 21.9. The Balaban J connectivity index is 1.69. The van der Waals surface area contributed by atoms with Gasteiger partial charge >= 0.3 is 0 Å². The van der Waals surface area contributed by atoms with Crippen molar-refractivity contribution >= 4 is 24.2 Å². The molecule has 1 aliphatic carbocycles. The van der Waals surface area contributed by atoms with Crippen LogP contribution in [0.15, 0.2) is 12.3 Å². The molecule has 2 aliphatic rings. The number of carbonyl (C=O) groups is 3. The first-order valence-corrected chi connectivity index (χ1v) is 10.2. The minimum absolute atomic E-state index is 0.0867. The van der Waals surface area contributed by atoms with Gasteiger partial charge in [-0.15, -0.1) is 0 Å². The molecule has 0 bridgehead atoms. The average Bonchev–Trinajstić information content (AvgIpc) is 3.44. The molecular weight excluding hydrogens is 392 g/mol. The van der Waals surface area contributed by atoms with Gasteiger partial charge in [-0.25, -0.2) is 15.5 Å². The predicted octanol–water partition coefficient (Wildman–Crippen LogP) is 0.573. The molecule has 3 rings (SSSR count). The second kappa shape index (κ2) is 10.3. The molecular formula is C19H28N6O5. The van der Waals surface area contributed by atoms with Crippen LogP contribution in [-0.4, -0.2) is 69.7 Å². The molecule has 2 fully saturated rings. The Labute approximate surface area is 174 Å². The number of hydroxylamine groups is 2. The fourth-order valence-corrected chi connectivity index (χ4v) is 4.12. The largest absolute Gasteiger partial charge is 0.481 e. The molecule has 2 heterocycles. The summed E-state index contributed by atoms with van der Waals surface area (Å²) in [5.41, 5.74) is 2.96. The molecule has 2 atom stereocenters. The minimum atomic E-state index is -0.748. The van der Waals surface area contributed by atoms with Crippen molar-refractivity contribution in [3.8, 4) is 5.88 Å². The third-order valence-corrected chi connectivity index (χ3v) is 5.60. The smallest absolute Gasteiger partial charge is 0.251 e. The lowest BCUT2D eigenvalue weighted by atomic mass is 9.92. The minimum Gasteiger partial charge on any atom is -0.481 e. The van der Waals surface area contributed by atoms with Gasteiger partial charge in [-0.3, -0.25) is 29.9 Å².